The molecule has 4 aromatic carbocycles. The van der Waals surface area contributed by atoms with Crippen LogP contribution in [0.3, 0.4) is 0 Å². The Morgan fingerprint density at radius 3 is 2.32 bits per heavy atom. The number of hydrogen-bond acceptors (Lipinski definition) is 5. The molecule has 1 amide bonds. The number of rotatable bonds is 7. The first-order valence-corrected chi connectivity index (χ1v) is 13.8. The van der Waals surface area contributed by atoms with Gasteiger partial charge in [-0.1, -0.05) is 53.6 Å². The molecule has 0 fully saturated rings. The molecule has 1 N–H and O–H groups in total. The number of carbonyl (C=O) groups is 1. The van der Waals surface area contributed by atoms with Gasteiger partial charge in [0.25, 0.3) is 15.9 Å². The molecule has 0 radical (unpaired) electrons. The molecule has 9 heteroatoms. The van der Waals surface area contributed by atoms with Gasteiger partial charge in [0.2, 0.25) is 0 Å². The first-order chi connectivity index (χ1) is 18.3. The van der Waals surface area contributed by atoms with E-state index < -0.39 is 15.9 Å². The van der Waals surface area contributed by atoms with Crippen molar-refractivity contribution >= 4 is 38.9 Å². The van der Waals surface area contributed by atoms with Crippen LogP contribution in [0.4, 0.5) is 11.4 Å². The molecule has 0 aromatic heterocycles. The molecule has 0 atom stereocenters. The number of para-hydroxylation sites is 1. The van der Waals surface area contributed by atoms with E-state index in [0.717, 1.165) is 5.56 Å². The molecule has 194 valence electrons. The van der Waals surface area contributed by atoms with Crippen molar-refractivity contribution < 1.29 is 22.7 Å². The zero-order chi connectivity index (χ0) is 26.7. The van der Waals surface area contributed by atoms with Gasteiger partial charge >= 0.3 is 0 Å². The van der Waals surface area contributed by atoms with Crippen molar-refractivity contribution in [3.8, 4) is 11.5 Å². The smallest absolute Gasteiger partial charge is 0.264 e. The Balaban J connectivity index is 1.53. The number of carbonyl (C=O) groups excluding carboxylic acids is 1. The normalized spacial score (nSPS) is 12.6. The van der Waals surface area contributed by atoms with E-state index in [4.69, 9.17) is 21.1 Å². The molecular weight excluding hydrogens is 524 g/mol. The van der Waals surface area contributed by atoms with Gasteiger partial charge in [-0.05, 0) is 61.0 Å². The zero-order valence-corrected chi connectivity index (χ0v) is 22.1. The van der Waals surface area contributed by atoms with E-state index in [1.807, 2.05) is 6.92 Å². The number of benzene rings is 4. The Bertz CT molecular complexity index is 1570. The Kier molecular flexibility index (Phi) is 7.26. The molecule has 1 aliphatic rings. The molecule has 4 aromatic rings. The van der Waals surface area contributed by atoms with Crippen molar-refractivity contribution in [2.75, 3.05) is 22.8 Å². The lowest BCUT2D eigenvalue weighted by Gasteiger charge is -2.27. The van der Waals surface area contributed by atoms with Crippen LogP contribution < -0.4 is 19.1 Å². The molecule has 5 rings (SSSR count). The van der Waals surface area contributed by atoms with E-state index in [-0.39, 0.29) is 22.7 Å². The summed E-state index contributed by atoms with van der Waals surface area (Å²) in [5, 5.41) is 3.40. The van der Waals surface area contributed by atoms with Crippen LogP contribution in [-0.2, 0) is 16.6 Å². The molecule has 1 heterocycles. The molecule has 0 spiro atoms. The number of anilines is 2. The standard InChI is InChI=1S/C29H25ClN2O5S/c1-20-6-13-24(14-7-20)38(34,35)32(19-21-8-10-22(30)11-9-21)26-5-3-2-4-25(26)29(33)31-23-12-15-27-28(18-23)37-17-16-36-27/h2-15,18H,16-17,19H2,1H3,(H,31,33). The van der Waals surface area contributed by atoms with Crippen molar-refractivity contribution in [2.24, 2.45) is 0 Å². The highest BCUT2D eigenvalue weighted by atomic mass is 35.5. The second-order valence-electron chi connectivity index (χ2n) is 8.78. The van der Waals surface area contributed by atoms with Gasteiger partial charge in [-0.3, -0.25) is 9.10 Å². The number of aryl methyl sites for hydroxylation is 1. The molecule has 7 nitrogen and oxygen atoms in total. The summed E-state index contributed by atoms with van der Waals surface area (Å²) in [5.74, 6) is 0.680. The molecular formula is C29H25ClN2O5S. The number of ether oxygens (including phenoxy) is 2. The fourth-order valence-corrected chi connectivity index (χ4v) is 5.69. The third-order valence-corrected chi connectivity index (χ3v) is 8.09. The molecule has 1 aliphatic heterocycles. The van der Waals surface area contributed by atoms with Crippen LogP contribution >= 0.6 is 11.6 Å². The van der Waals surface area contributed by atoms with Crippen molar-refractivity contribution in [2.45, 2.75) is 18.4 Å². The fraction of sp³-hybridized carbons (Fsp3) is 0.138. The maximum Gasteiger partial charge on any atom is 0.264 e. The predicted octanol–water partition coefficient (Wildman–Crippen LogP) is 6.07. The van der Waals surface area contributed by atoms with Crippen LogP contribution in [0, 0.1) is 6.92 Å². The summed E-state index contributed by atoms with van der Waals surface area (Å²) in [5.41, 5.74) is 2.60. The van der Waals surface area contributed by atoms with E-state index in [1.54, 1.807) is 91.0 Å². The summed E-state index contributed by atoms with van der Waals surface area (Å²) in [6.45, 7) is 2.77. The number of nitrogens with one attached hydrogen (secondary N) is 1. The Hall–Kier alpha value is -4.01. The van der Waals surface area contributed by atoms with Crippen molar-refractivity contribution in [3.05, 3.63) is 113 Å². The van der Waals surface area contributed by atoms with Crippen LogP contribution in [0.5, 0.6) is 11.5 Å². The average molecular weight is 549 g/mol. The fourth-order valence-electron chi connectivity index (χ4n) is 4.10. The highest BCUT2D eigenvalue weighted by molar-refractivity contribution is 7.92. The summed E-state index contributed by atoms with van der Waals surface area (Å²) < 4.78 is 40.3. The average Bonchev–Trinajstić information content (AvgIpc) is 2.93. The van der Waals surface area contributed by atoms with Gasteiger partial charge in [-0.15, -0.1) is 0 Å². The van der Waals surface area contributed by atoms with Gasteiger partial charge in [-0.2, -0.15) is 0 Å². The van der Waals surface area contributed by atoms with E-state index in [2.05, 4.69) is 5.32 Å². The lowest BCUT2D eigenvalue weighted by molar-refractivity contribution is 0.102. The Morgan fingerprint density at radius 2 is 1.58 bits per heavy atom. The van der Waals surface area contributed by atoms with Gasteiger partial charge in [0, 0.05) is 16.8 Å². The largest absolute Gasteiger partial charge is 0.486 e. The molecule has 0 saturated carbocycles. The maximum atomic E-state index is 13.9. The quantitative estimate of drug-likeness (QED) is 0.303. The van der Waals surface area contributed by atoms with Crippen molar-refractivity contribution in [1.29, 1.82) is 0 Å². The summed E-state index contributed by atoms with van der Waals surface area (Å²) in [4.78, 5) is 13.6. The molecule has 38 heavy (non-hydrogen) atoms. The molecule has 0 unspecified atom stereocenters. The minimum absolute atomic E-state index is 0.00168. The Morgan fingerprint density at radius 1 is 0.895 bits per heavy atom. The van der Waals surface area contributed by atoms with Gasteiger partial charge < -0.3 is 14.8 Å². The SMILES string of the molecule is Cc1ccc(S(=O)(=O)N(Cc2ccc(Cl)cc2)c2ccccc2C(=O)Nc2ccc3c(c2)OCCO3)cc1. The molecule has 0 saturated heterocycles. The van der Waals surface area contributed by atoms with E-state index in [1.165, 1.54) is 4.31 Å². The monoisotopic (exact) mass is 548 g/mol. The lowest BCUT2D eigenvalue weighted by atomic mass is 10.1. The Labute approximate surface area is 226 Å². The van der Waals surface area contributed by atoms with E-state index >= 15 is 0 Å². The van der Waals surface area contributed by atoms with Crippen LogP contribution in [0.25, 0.3) is 0 Å². The van der Waals surface area contributed by atoms with Crippen LogP contribution in [0.2, 0.25) is 5.02 Å². The second kappa shape index (κ2) is 10.8. The highest BCUT2D eigenvalue weighted by Gasteiger charge is 2.29. The van der Waals surface area contributed by atoms with Gasteiger partial charge in [-0.25, -0.2) is 8.42 Å². The summed E-state index contributed by atoms with van der Waals surface area (Å²) in [7, 11) is -4.04. The van der Waals surface area contributed by atoms with Gasteiger partial charge in [0.1, 0.15) is 13.2 Å². The number of amides is 1. The van der Waals surface area contributed by atoms with Crippen molar-refractivity contribution in [3.63, 3.8) is 0 Å². The third-order valence-electron chi connectivity index (χ3n) is 6.07. The molecule has 0 bridgehead atoms. The maximum absolute atomic E-state index is 13.9. The first-order valence-electron chi connectivity index (χ1n) is 12.0. The molecule has 0 aliphatic carbocycles. The highest BCUT2D eigenvalue weighted by Crippen LogP contribution is 2.34. The minimum atomic E-state index is -4.04. The lowest BCUT2D eigenvalue weighted by Crippen LogP contribution is -2.32. The van der Waals surface area contributed by atoms with Gasteiger partial charge in [0.15, 0.2) is 11.5 Å². The number of hydrogen-bond donors (Lipinski definition) is 1. The van der Waals surface area contributed by atoms with Gasteiger partial charge in [0.05, 0.1) is 22.7 Å². The second-order valence-corrected chi connectivity index (χ2v) is 11.1. The number of sulfonamides is 1. The number of nitrogens with zero attached hydrogens (tertiary/aromatic N) is 1. The number of fused-ring (bicyclic) bond motifs is 1. The van der Waals surface area contributed by atoms with Crippen LogP contribution in [0.15, 0.2) is 95.9 Å². The summed E-state index contributed by atoms with van der Waals surface area (Å²) in [6, 6.07) is 25.3. The summed E-state index contributed by atoms with van der Waals surface area (Å²) in [6.07, 6.45) is 0. The predicted molar refractivity (Wildman–Crippen MR) is 148 cm³/mol. The van der Waals surface area contributed by atoms with Crippen LogP contribution in [-0.4, -0.2) is 27.5 Å². The first kappa shape index (κ1) is 25.6. The van der Waals surface area contributed by atoms with Crippen molar-refractivity contribution in [1.82, 2.24) is 0 Å². The zero-order valence-electron chi connectivity index (χ0n) is 20.6. The summed E-state index contributed by atoms with van der Waals surface area (Å²) >= 11 is 6.05. The topological polar surface area (TPSA) is 84.9 Å². The number of halogens is 1. The van der Waals surface area contributed by atoms with E-state index in [9.17, 15) is 13.2 Å². The van der Waals surface area contributed by atoms with E-state index in [0.29, 0.717) is 41.0 Å². The van der Waals surface area contributed by atoms with Crippen LogP contribution in [0.1, 0.15) is 21.5 Å². The minimum Gasteiger partial charge on any atom is -0.486 e. The third kappa shape index (κ3) is 5.46.